The monoisotopic (exact) mass is 551 g/mol. The molecular formula is C29H30FN3O7. The lowest BCUT2D eigenvalue weighted by molar-refractivity contribution is -0.172. The average Bonchev–Trinajstić information content (AvgIpc) is 3.31. The fraction of sp³-hybridized carbons (Fsp3) is 0.448. The molecule has 2 atom stereocenters. The number of amides is 1. The SMILES string of the molecule is CC[C@@]1(O)C(=O)OCc2c1cc1n(c2=O)Cc2c-1nc1cc(F)c(C)c3c1c2[C@@H](NC(=O)CCOCCO)CC3. The van der Waals surface area contributed by atoms with Crippen molar-refractivity contribution >= 4 is 22.8 Å². The Balaban J connectivity index is 1.52. The van der Waals surface area contributed by atoms with E-state index in [0.29, 0.717) is 35.3 Å². The molecule has 1 amide bonds. The summed E-state index contributed by atoms with van der Waals surface area (Å²) >= 11 is 0. The molecule has 11 heteroatoms. The van der Waals surface area contributed by atoms with Crippen LogP contribution in [0, 0.1) is 12.7 Å². The third-order valence-corrected chi connectivity index (χ3v) is 8.42. The lowest BCUT2D eigenvalue weighted by Gasteiger charge is -2.31. The van der Waals surface area contributed by atoms with Gasteiger partial charge in [-0.05, 0) is 48.9 Å². The lowest BCUT2D eigenvalue weighted by atomic mass is 9.81. The number of hydrogen-bond donors (Lipinski definition) is 3. The molecule has 3 aromatic rings. The van der Waals surface area contributed by atoms with Gasteiger partial charge in [0, 0.05) is 29.0 Å². The molecule has 1 aliphatic carbocycles. The first-order chi connectivity index (χ1) is 19.2. The molecule has 0 spiro atoms. The normalized spacial score (nSPS) is 20.6. The fourth-order valence-electron chi connectivity index (χ4n) is 6.30. The molecule has 2 aromatic heterocycles. The number of ether oxygens (including phenoxy) is 2. The molecule has 0 bridgehead atoms. The smallest absolute Gasteiger partial charge is 0.343 e. The highest BCUT2D eigenvalue weighted by atomic mass is 19.1. The Labute approximate surface area is 228 Å². The number of carbonyl (C=O) groups excluding carboxylic acids is 2. The summed E-state index contributed by atoms with van der Waals surface area (Å²) in [5.41, 5.74) is 2.28. The molecular weight excluding hydrogens is 521 g/mol. The van der Waals surface area contributed by atoms with Crippen LogP contribution in [0.2, 0.25) is 0 Å². The molecule has 2 aliphatic heterocycles. The molecule has 0 saturated carbocycles. The number of aliphatic hydroxyl groups is 2. The van der Waals surface area contributed by atoms with E-state index in [1.807, 2.05) is 0 Å². The summed E-state index contributed by atoms with van der Waals surface area (Å²) in [5, 5.41) is 23.9. The number of cyclic esters (lactones) is 1. The largest absolute Gasteiger partial charge is 0.458 e. The number of aliphatic hydroxyl groups excluding tert-OH is 1. The summed E-state index contributed by atoms with van der Waals surface area (Å²) in [6.45, 7) is 3.49. The number of hydrogen-bond acceptors (Lipinski definition) is 8. The molecule has 6 rings (SSSR count). The highest BCUT2D eigenvalue weighted by molar-refractivity contribution is 5.94. The Morgan fingerprint density at radius 3 is 2.83 bits per heavy atom. The van der Waals surface area contributed by atoms with Crippen molar-refractivity contribution in [2.45, 2.75) is 64.3 Å². The van der Waals surface area contributed by atoms with Crippen LogP contribution >= 0.6 is 0 Å². The number of halogens is 1. The third-order valence-electron chi connectivity index (χ3n) is 8.42. The summed E-state index contributed by atoms with van der Waals surface area (Å²) in [6.07, 6.45) is 1.21. The van der Waals surface area contributed by atoms with Gasteiger partial charge in [0.05, 0.1) is 54.9 Å². The molecule has 0 saturated heterocycles. The zero-order valence-corrected chi connectivity index (χ0v) is 22.3. The second-order valence-corrected chi connectivity index (χ2v) is 10.6. The Bertz CT molecular complexity index is 1650. The van der Waals surface area contributed by atoms with Gasteiger partial charge in [0.15, 0.2) is 5.60 Å². The van der Waals surface area contributed by atoms with Gasteiger partial charge >= 0.3 is 5.97 Å². The summed E-state index contributed by atoms with van der Waals surface area (Å²) in [5.74, 6) is -1.41. The first-order valence-electron chi connectivity index (χ1n) is 13.5. The van der Waals surface area contributed by atoms with Gasteiger partial charge in [-0.15, -0.1) is 0 Å². The van der Waals surface area contributed by atoms with Crippen LogP contribution in [0.1, 0.15) is 65.6 Å². The van der Waals surface area contributed by atoms with Crippen LogP contribution in [0.5, 0.6) is 0 Å². The Morgan fingerprint density at radius 2 is 2.08 bits per heavy atom. The highest BCUT2D eigenvalue weighted by Crippen LogP contribution is 2.45. The van der Waals surface area contributed by atoms with Crippen molar-refractivity contribution < 1.29 is 33.7 Å². The van der Waals surface area contributed by atoms with Crippen LogP contribution in [0.3, 0.4) is 0 Å². The van der Waals surface area contributed by atoms with Crippen molar-refractivity contribution in [3.05, 3.63) is 61.7 Å². The van der Waals surface area contributed by atoms with Crippen LogP contribution in [-0.2, 0) is 44.2 Å². The number of benzene rings is 1. The van der Waals surface area contributed by atoms with E-state index < -0.39 is 17.6 Å². The number of fused-ring (bicyclic) bond motifs is 5. The predicted octanol–water partition coefficient (Wildman–Crippen LogP) is 2.03. The van der Waals surface area contributed by atoms with Gasteiger partial charge in [-0.1, -0.05) is 6.92 Å². The number of aryl methyl sites for hydroxylation is 1. The zero-order chi connectivity index (χ0) is 28.3. The molecule has 0 radical (unpaired) electrons. The van der Waals surface area contributed by atoms with E-state index in [4.69, 9.17) is 19.6 Å². The second-order valence-electron chi connectivity index (χ2n) is 10.6. The van der Waals surface area contributed by atoms with E-state index in [-0.39, 0.29) is 74.2 Å². The highest BCUT2D eigenvalue weighted by Gasteiger charge is 2.46. The van der Waals surface area contributed by atoms with Crippen LogP contribution < -0.4 is 10.9 Å². The molecule has 210 valence electrons. The Hall–Kier alpha value is -3.67. The quantitative estimate of drug-likeness (QED) is 0.234. The maximum atomic E-state index is 15.0. The van der Waals surface area contributed by atoms with Crippen molar-refractivity contribution in [3.63, 3.8) is 0 Å². The Kier molecular flexibility index (Phi) is 6.47. The number of carbonyl (C=O) groups is 2. The van der Waals surface area contributed by atoms with Gasteiger partial charge in [0.25, 0.3) is 5.56 Å². The van der Waals surface area contributed by atoms with Gasteiger partial charge < -0.3 is 29.6 Å². The number of nitrogens with one attached hydrogen (secondary N) is 1. The van der Waals surface area contributed by atoms with Crippen molar-refractivity contribution in [3.8, 4) is 11.4 Å². The van der Waals surface area contributed by atoms with E-state index in [2.05, 4.69) is 5.32 Å². The number of nitrogens with zero attached hydrogens (tertiary/aromatic N) is 2. The standard InChI is InChI=1S/C29H30FN3O7/c1-3-29(38)18-10-22-26-16(12-33(22)27(36)17(18)13-40-28(29)37)25-20(31-23(35)6-8-39-9-7-34)5-4-15-14(2)19(30)11-21(32-26)24(15)25/h10-11,20,34,38H,3-9,12-13H2,1-2H3,(H,31,35)/t20-,29-/m0/s1. The third kappa shape index (κ3) is 3.87. The first-order valence-corrected chi connectivity index (χ1v) is 13.5. The van der Waals surface area contributed by atoms with Crippen molar-refractivity contribution in [2.75, 3.05) is 19.8 Å². The molecule has 1 aromatic carbocycles. The topological polar surface area (TPSA) is 140 Å². The van der Waals surface area contributed by atoms with E-state index in [0.717, 1.165) is 22.1 Å². The van der Waals surface area contributed by atoms with Crippen LogP contribution in [0.15, 0.2) is 16.9 Å². The van der Waals surface area contributed by atoms with E-state index in [9.17, 15) is 19.5 Å². The van der Waals surface area contributed by atoms with Crippen LogP contribution in [-0.4, -0.2) is 51.5 Å². The molecule has 3 N–H and O–H groups in total. The van der Waals surface area contributed by atoms with Crippen molar-refractivity contribution in [2.24, 2.45) is 0 Å². The number of aromatic nitrogens is 2. The minimum absolute atomic E-state index is 0.0228. The van der Waals surface area contributed by atoms with Gasteiger partial charge in [0.2, 0.25) is 5.91 Å². The molecule has 0 fully saturated rings. The minimum Gasteiger partial charge on any atom is -0.458 e. The van der Waals surface area contributed by atoms with Gasteiger partial charge in [-0.3, -0.25) is 9.59 Å². The fourth-order valence-corrected chi connectivity index (χ4v) is 6.30. The number of esters is 1. The molecule has 4 heterocycles. The predicted molar refractivity (Wildman–Crippen MR) is 141 cm³/mol. The number of rotatable bonds is 7. The van der Waals surface area contributed by atoms with Crippen LogP contribution in [0.4, 0.5) is 4.39 Å². The molecule has 10 nitrogen and oxygen atoms in total. The van der Waals surface area contributed by atoms with Crippen molar-refractivity contribution in [1.29, 1.82) is 0 Å². The van der Waals surface area contributed by atoms with Gasteiger partial charge in [0.1, 0.15) is 12.4 Å². The molecule has 3 aliphatic rings. The van der Waals surface area contributed by atoms with Gasteiger partial charge in [-0.2, -0.15) is 0 Å². The van der Waals surface area contributed by atoms with E-state index in [1.165, 1.54) is 6.07 Å². The Morgan fingerprint density at radius 1 is 1.27 bits per heavy atom. The molecule has 0 unspecified atom stereocenters. The van der Waals surface area contributed by atoms with E-state index >= 15 is 4.39 Å². The second kappa shape index (κ2) is 9.76. The number of pyridine rings is 2. The maximum Gasteiger partial charge on any atom is 0.343 e. The summed E-state index contributed by atoms with van der Waals surface area (Å²) in [7, 11) is 0. The summed E-state index contributed by atoms with van der Waals surface area (Å²) in [4.78, 5) is 43.8. The van der Waals surface area contributed by atoms with Gasteiger partial charge in [-0.25, -0.2) is 14.2 Å². The zero-order valence-electron chi connectivity index (χ0n) is 22.3. The average molecular weight is 552 g/mol. The van der Waals surface area contributed by atoms with Crippen molar-refractivity contribution in [1.82, 2.24) is 14.9 Å². The summed E-state index contributed by atoms with van der Waals surface area (Å²) < 4.78 is 27.0. The van der Waals surface area contributed by atoms with Crippen LogP contribution in [0.25, 0.3) is 22.3 Å². The lowest BCUT2D eigenvalue weighted by Crippen LogP contribution is -2.44. The minimum atomic E-state index is -1.96. The summed E-state index contributed by atoms with van der Waals surface area (Å²) in [6, 6.07) is 2.60. The molecule has 40 heavy (non-hydrogen) atoms. The van der Waals surface area contributed by atoms with E-state index in [1.54, 1.807) is 24.5 Å². The maximum absolute atomic E-state index is 15.0. The first kappa shape index (κ1) is 26.5.